The topological polar surface area (TPSA) is 91.7 Å². The van der Waals surface area contributed by atoms with Gasteiger partial charge in [0.05, 0.1) is 12.6 Å². The van der Waals surface area contributed by atoms with Crippen molar-refractivity contribution in [3.05, 3.63) is 47.7 Å². The Balaban J connectivity index is 1.89. The van der Waals surface area contributed by atoms with Crippen LogP contribution in [0, 0.1) is 23.7 Å². The molecule has 1 aliphatic rings. The zero-order valence-corrected chi connectivity index (χ0v) is 20.7. The van der Waals surface area contributed by atoms with Gasteiger partial charge in [-0.3, -0.25) is 9.69 Å². The predicted molar refractivity (Wildman–Crippen MR) is 130 cm³/mol. The lowest BCUT2D eigenvalue weighted by atomic mass is 9.99. The van der Waals surface area contributed by atoms with Crippen LogP contribution in [-0.2, 0) is 6.54 Å². The van der Waals surface area contributed by atoms with E-state index in [-0.39, 0.29) is 30.6 Å². The summed E-state index contributed by atoms with van der Waals surface area (Å²) in [6.07, 6.45) is 7.34. The molecule has 1 amide bonds. The van der Waals surface area contributed by atoms with Crippen LogP contribution in [0.1, 0.15) is 55.6 Å². The summed E-state index contributed by atoms with van der Waals surface area (Å²) < 4.78 is 6.35. The summed E-state index contributed by atoms with van der Waals surface area (Å²) in [7, 11) is 2.02. The van der Waals surface area contributed by atoms with Gasteiger partial charge >= 0.3 is 0 Å². The highest BCUT2D eigenvalue weighted by Gasteiger charge is 2.34. The number of nitrogens with zero attached hydrogens (tertiary/aromatic N) is 5. The van der Waals surface area contributed by atoms with E-state index in [1.54, 1.807) is 29.6 Å². The molecule has 182 valence electrons. The van der Waals surface area contributed by atoms with Crippen LogP contribution in [0.2, 0.25) is 0 Å². The van der Waals surface area contributed by atoms with Gasteiger partial charge < -0.3 is 14.7 Å². The SMILES string of the molecule is CC(C)CC#Cc1cnc2c(c1)C(=O)N([C@@H](C)CO)C[C@H](C)[C@@H](CN(C)Cc1cncnc1)O2. The molecule has 2 aromatic rings. The van der Waals surface area contributed by atoms with E-state index < -0.39 is 0 Å². The minimum Gasteiger partial charge on any atom is -0.472 e. The van der Waals surface area contributed by atoms with Crippen molar-refractivity contribution in [1.29, 1.82) is 0 Å². The number of fused-ring (bicyclic) bond motifs is 1. The van der Waals surface area contributed by atoms with E-state index in [0.29, 0.717) is 42.6 Å². The Hall–Kier alpha value is -3.02. The fourth-order valence-corrected chi connectivity index (χ4v) is 3.84. The predicted octanol–water partition coefficient (Wildman–Crippen LogP) is 2.62. The van der Waals surface area contributed by atoms with Gasteiger partial charge in [-0.25, -0.2) is 15.0 Å². The summed E-state index contributed by atoms with van der Waals surface area (Å²) in [5, 5.41) is 9.82. The number of likely N-dealkylation sites (N-methyl/N-ethyl adjacent to an activating group) is 1. The van der Waals surface area contributed by atoms with Gasteiger partial charge in [-0.2, -0.15) is 0 Å². The standard InChI is InChI=1S/C26H35N5O3/c1-18(2)7-6-8-21-9-23-25(29-12-21)34-24(15-30(5)14-22-10-27-17-28-11-22)19(3)13-31(26(23)33)20(4)16-32/h9-12,17-20,24,32H,7,13-16H2,1-5H3/t19-,20-,24+/m0/s1. The number of ether oxygens (including phenoxy) is 1. The van der Waals surface area contributed by atoms with Gasteiger partial charge in [0, 0.05) is 61.7 Å². The summed E-state index contributed by atoms with van der Waals surface area (Å²) >= 11 is 0. The lowest BCUT2D eigenvalue weighted by Gasteiger charge is -2.37. The lowest BCUT2D eigenvalue weighted by Crippen LogP contribution is -2.49. The highest BCUT2D eigenvalue weighted by Crippen LogP contribution is 2.27. The Bertz CT molecular complexity index is 1020. The number of aliphatic hydroxyl groups excluding tert-OH is 1. The highest BCUT2D eigenvalue weighted by atomic mass is 16.5. The summed E-state index contributed by atoms with van der Waals surface area (Å²) in [6, 6.07) is 1.43. The molecule has 34 heavy (non-hydrogen) atoms. The Morgan fingerprint density at radius 1 is 1.26 bits per heavy atom. The molecule has 0 fully saturated rings. The number of aromatic nitrogens is 3. The van der Waals surface area contributed by atoms with Crippen molar-refractivity contribution in [1.82, 2.24) is 24.8 Å². The molecule has 0 saturated heterocycles. The van der Waals surface area contributed by atoms with Crippen LogP contribution in [-0.4, -0.2) is 74.7 Å². The molecule has 8 heteroatoms. The van der Waals surface area contributed by atoms with Gasteiger partial charge in [-0.05, 0) is 26.0 Å². The second kappa shape index (κ2) is 11.9. The number of pyridine rings is 1. The van der Waals surface area contributed by atoms with Gasteiger partial charge in [0.25, 0.3) is 5.91 Å². The fraction of sp³-hybridized carbons (Fsp3) is 0.538. The van der Waals surface area contributed by atoms with Crippen LogP contribution in [0.4, 0.5) is 0 Å². The average Bonchev–Trinajstić information content (AvgIpc) is 2.81. The van der Waals surface area contributed by atoms with Gasteiger partial charge in [-0.15, -0.1) is 0 Å². The van der Waals surface area contributed by atoms with E-state index in [1.165, 1.54) is 6.33 Å². The Labute approximate surface area is 202 Å². The molecule has 8 nitrogen and oxygen atoms in total. The molecular formula is C26H35N5O3. The van der Waals surface area contributed by atoms with Crippen LogP contribution in [0.15, 0.2) is 31.0 Å². The first-order valence-electron chi connectivity index (χ1n) is 11.8. The molecule has 0 aromatic carbocycles. The highest BCUT2D eigenvalue weighted by molar-refractivity contribution is 5.97. The third-order valence-corrected chi connectivity index (χ3v) is 5.82. The van der Waals surface area contributed by atoms with Gasteiger partial charge in [0.2, 0.25) is 5.88 Å². The maximum Gasteiger partial charge on any atom is 0.259 e. The average molecular weight is 466 g/mol. The van der Waals surface area contributed by atoms with Crippen LogP contribution in [0.5, 0.6) is 5.88 Å². The van der Waals surface area contributed by atoms with Crippen LogP contribution in [0.25, 0.3) is 0 Å². The van der Waals surface area contributed by atoms with Crippen molar-refractivity contribution in [3.8, 4) is 17.7 Å². The monoisotopic (exact) mass is 465 g/mol. The third kappa shape index (κ3) is 6.75. The minimum absolute atomic E-state index is 0.0212. The summed E-state index contributed by atoms with van der Waals surface area (Å²) in [5.74, 6) is 6.86. The van der Waals surface area contributed by atoms with Crippen molar-refractivity contribution in [2.75, 3.05) is 26.7 Å². The van der Waals surface area contributed by atoms with Gasteiger partial charge in [0.15, 0.2) is 0 Å². The fourth-order valence-electron chi connectivity index (χ4n) is 3.84. The molecule has 0 unspecified atom stereocenters. The molecule has 0 saturated carbocycles. The number of aliphatic hydroxyl groups is 1. The molecule has 2 aromatic heterocycles. The summed E-state index contributed by atoms with van der Waals surface area (Å²) in [6.45, 7) is 9.79. The third-order valence-electron chi connectivity index (χ3n) is 5.82. The van der Waals surface area contributed by atoms with E-state index in [4.69, 9.17) is 4.74 Å². The largest absolute Gasteiger partial charge is 0.472 e. The van der Waals surface area contributed by atoms with Crippen LogP contribution in [0.3, 0.4) is 0 Å². The molecule has 3 rings (SSSR count). The first-order valence-corrected chi connectivity index (χ1v) is 11.8. The molecule has 0 aliphatic carbocycles. The van der Waals surface area contributed by atoms with Crippen molar-refractivity contribution >= 4 is 5.91 Å². The molecule has 0 bridgehead atoms. The van der Waals surface area contributed by atoms with Gasteiger partial charge in [0.1, 0.15) is 18.0 Å². The second-order valence-corrected chi connectivity index (χ2v) is 9.54. The Morgan fingerprint density at radius 2 is 2.00 bits per heavy atom. The van der Waals surface area contributed by atoms with Crippen LogP contribution >= 0.6 is 0 Å². The zero-order valence-electron chi connectivity index (χ0n) is 20.7. The van der Waals surface area contributed by atoms with E-state index in [2.05, 4.69) is 52.5 Å². The normalized spacial score (nSPS) is 19.1. The van der Waals surface area contributed by atoms with E-state index >= 15 is 0 Å². The Morgan fingerprint density at radius 3 is 2.68 bits per heavy atom. The maximum absolute atomic E-state index is 13.5. The second-order valence-electron chi connectivity index (χ2n) is 9.54. The molecular weight excluding hydrogens is 430 g/mol. The number of carbonyl (C=O) groups is 1. The molecule has 0 radical (unpaired) electrons. The summed E-state index contributed by atoms with van der Waals surface area (Å²) in [5.41, 5.74) is 2.07. The first-order chi connectivity index (χ1) is 16.3. The van der Waals surface area contributed by atoms with Gasteiger partial charge in [-0.1, -0.05) is 32.6 Å². The van der Waals surface area contributed by atoms with Crippen molar-refractivity contribution < 1.29 is 14.6 Å². The minimum atomic E-state index is -0.323. The van der Waals surface area contributed by atoms with Crippen molar-refractivity contribution in [2.24, 2.45) is 11.8 Å². The number of amides is 1. The number of carbonyl (C=O) groups excluding carboxylic acids is 1. The lowest BCUT2D eigenvalue weighted by molar-refractivity contribution is 0.0325. The van der Waals surface area contributed by atoms with Crippen LogP contribution < -0.4 is 4.74 Å². The smallest absolute Gasteiger partial charge is 0.259 e. The maximum atomic E-state index is 13.5. The first kappa shape index (κ1) is 25.6. The molecule has 0 spiro atoms. The zero-order chi connectivity index (χ0) is 24.7. The molecule has 3 heterocycles. The number of rotatable bonds is 7. The van der Waals surface area contributed by atoms with Crippen molar-refractivity contribution in [3.63, 3.8) is 0 Å². The van der Waals surface area contributed by atoms with E-state index in [1.807, 2.05) is 14.0 Å². The quantitative estimate of drug-likeness (QED) is 0.629. The Kier molecular flexibility index (Phi) is 8.97. The van der Waals surface area contributed by atoms with E-state index in [0.717, 1.165) is 12.0 Å². The summed E-state index contributed by atoms with van der Waals surface area (Å²) in [4.78, 5) is 30.0. The number of hydrogen-bond acceptors (Lipinski definition) is 7. The van der Waals surface area contributed by atoms with E-state index in [9.17, 15) is 9.90 Å². The molecule has 3 atom stereocenters. The number of hydrogen-bond donors (Lipinski definition) is 1. The molecule has 1 N–H and O–H groups in total. The molecule has 1 aliphatic heterocycles. The van der Waals surface area contributed by atoms with Crippen molar-refractivity contribution in [2.45, 2.75) is 52.8 Å².